The first kappa shape index (κ1) is 12.0. The summed E-state index contributed by atoms with van der Waals surface area (Å²) in [6, 6.07) is 0. The van der Waals surface area contributed by atoms with Crippen LogP contribution in [0, 0.1) is 6.20 Å². The zero-order valence-electron chi connectivity index (χ0n) is 6.58. The lowest BCUT2D eigenvalue weighted by Crippen LogP contribution is -2.24. The fourth-order valence-corrected chi connectivity index (χ4v) is 1.37. The van der Waals surface area contributed by atoms with Crippen molar-refractivity contribution in [3.05, 3.63) is 23.4 Å². The molecule has 0 N–H and O–H groups in total. The summed E-state index contributed by atoms with van der Waals surface area (Å²) in [6.45, 7) is 0. The van der Waals surface area contributed by atoms with Gasteiger partial charge in [0.15, 0.2) is 11.7 Å². The number of allylic oxidation sites excluding steroid dienone is 2. The van der Waals surface area contributed by atoms with Gasteiger partial charge in [0.2, 0.25) is 6.30 Å². The molecule has 1 aliphatic rings. The van der Waals surface area contributed by atoms with Crippen LogP contribution in [0.4, 0.5) is 13.2 Å². The summed E-state index contributed by atoms with van der Waals surface area (Å²) in [7, 11) is 0. The Kier molecular flexibility index (Phi) is 3.98. The first-order valence-corrected chi connectivity index (χ1v) is 4.69. The third-order valence-electron chi connectivity index (χ3n) is 1.48. The van der Waals surface area contributed by atoms with Crippen LogP contribution in [0.1, 0.15) is 6.42 Å². The molecule has 0 spiro atoms. The maximum Gasteiger partial charge on any atom is 0.241 e. The molecule has 79 valence electrons. The summed E-state index contributed by atoms with van der Waals surface area (Å²) in [6.07, 6.45) is -0.477. The molecule has 0 aromatic rings. The third-order valence-corrected chi connectivity index (χ3v) is 2.05. The van der Waals surface area contributed by atoms with Crippen molar-refractivity contribution in [3.63, 3.8) is 0 Å². The van der Waals surface area contributed by atoms with Crippen molar-refractivity contribution in [1.29, 1.82) is 0 Å². The quantitative estimate of drug-likeness (QED) is 0.417. The Hall–Kier alpha value is -0.0600. The number of rotatable bonds is 2. The first-order valence-electron chi connectivity index (χ1n) is 3.48. The summed E-state index contributed by atoms with van der Waals surface area (Å²) in [5.41, 5.74) is -0.290. The van der Waals surface area contributed by atoms with Gasteiger partial charge in [0.05, 0.1) is 6.20 Å². The average molecular weight is 265 g/mol. The Bertz CT molecular complexity index is 290. The highest BCUT2D eigenvalue weighted by atomic mass is 35.5. The van der Waals surface area contributed by atoms with Gasteiger partial charge in [0, 0.05) is 23.8 Å². The van der Waals surface area contributed by atoms with Crippen LogP contribution in [0.3, 0.4) is 0 Å². The molecule has 1 nitrogen and oxygen atoms in total. The zero-order chi connectivity index (χ0) is 10.9. The molecule has 14 heavy (non-hydrogen) atoms. The maximum absolute atomic E-state index is 13.0. The minimum atomic E-state index is -2.36. The normalized spacial score (nSPS) is 23.2. The lowest BCUT2D eigenvalue weighted by molar-refractivity contribution is 0.196. The molecule has 1 rings (SSSR count). The van der Waals surface area contributed by atoms with Crippen LogP contribution in [0.15, 0.2) is 17.2 Å². The molecule has 1 atom stereocenters. The molecule has 1 unspecified atom stereocenters. The van der Waals surface area contributed by atoms with Crippen LogP contribution in [0.5, 0.6) is 0 Å². The summed E-state index contributed by atoms with van der Waals surface area (Å²) < 4.78 is 38.7. The SMILES string of the molecule is FC1=C(F)C(F)N(Cl)[C]=C1CC(Cl)Cl. The van der Waals surface area contributed by atoms with E-state index in [-0.39, 0.29) is 16.4 Å². The van der Waals surface area contributed by atoms with Gasteiger partial charge in [-0.15, -0.1) is 23.2 Å². The van der Waals surface area contributed by atoms with Crippen molar-refractivity contribution >= 4 is 35.0 Å². The largest absolute Gasteiger partial charge is 0.244 e. The fraction of sp³-hybridized carbons (Fsp3) is 0.429. The molecule has 0 saturated carbocycles. The topological polar surface area (TPSA) is 3.24 Å². The number of hydrogen-bond donors (Lipinski definition) is 0. The standard InChI is InChI=1S/C7H4Cl3F3N/c8-4(9)1-3-2-14(10)7(13)6(12)5(3)11/h4,7H,1H2. The molecule has 0 amide bonds. The Labute approximate surface area is 93.8 Å². The maximum atomic E-state index is 13.0. The second-order valence-electron chi connectivity index (χ2n) is 2.49. The van der Waals surface area contributed by atoms with Crippen LogP contribution in [-0.4, -0.2) is 15.6 Å². The molecular weight excluding hydrogens is 261 g/mol. The van der Waals surface area contributed by atoms with Crippen molar-refractivity contribution in [2.75, 3.05) is 0 Å². The summed E-state index contributed by atoms with van der Waals surface area (Å²) in [5, 5.41) is 0. The smallest absolute Gasteiger partial charge is 0.241 e. The Morgan fingerprint density at radius 1 is 1.43 bits per heavy atom. The van der Waals surface area contributed by atoms with Crippen LogP contribution in [0.25, 0.3) is 0 Å². The van der Waals surface area contributed by atoms with Gasteiger partial charge >= 0.3 is 0 Å². The summed E-state index contributed by atoms with van der Waals surface area (Å²) in [4.78, 5) is -0.933. The van der Waals surface area contributed by atoms with Gasteiger partial charge in [0.25, 0.3) is 0 Å². The molecule has 7 heteroatoms. The molecule has 0 fully saturated rings. The number of halogens is 6. The lowest BCUT2D eigenvalue weighted by Gasteiger charge is -2.21. The first-order chi connectivity index (χ1) is 6.43. The van der Waals surface area contributed by atoms with Gasteiger partial charge < -0.3 is 0 Å². The van der Waals surface area contributed by atoms with Gasteiger partial charge in [-0.25, -0.2) is 17.6 Å². The van der Waals surface area contributed by atoms with E-state index in [1.54, 1.807) is 0 Å². The van der Waals surface area contributed by atoms with Crippen molar-refractivity contribution in [2.45, 2.75) is 17.6 Å². The van der Waals surface area contributed by atoms with Crippen molar-refractivity contribution in [2.24, 2.45) is 0 Å². The predicted octanol–water partition coefficient (Wildman–Crippen LogP) is 3.78. The number of alkyl halides is 3. The highest BCUT2D eigenvalue weighted by molar-refractivity contribution is 6.44. The molecule has 0 aromatic carbocycles. The van der Waals surface area contributed by atoms with Crippen molar-refractivity contribution in [3.8, 4) is 0 Å². The molecule has 0 saturated heterocycles. The predicted molar refractivity (Wildman–Crippen MR) is 48.7 cm³/mol. The van der Waals surface area contributed by atoms with E-state index in [9.17, 15) is 13.2 Å². The fourth-order valence-electron chi connectivity index (χ4n) is 0.872. The summed E-state index contributed by atoms with van der Waals surface area (Å²) >= 11 is 15.9. The minimum Gasteiger partial charge on any atom is -0.244 e. The highest BCUT2D eigenvalue weighted by Crippen LogP contribution is 2.33. The monoisotopic (exact) mass is 264 g/mol. The van der Waals surface area contributed by atoms with Gasteiger partial charge in [0.1, 0.15) is 4.84 Å². The van der Waals surface area contributed by atoms with E-state index in [0.717, 1.165) is 0 Å². The van der Waals surface area contributed by atoms with Crippen LogP contribution in [-0.2, 0) is 0 Å². The molecular formula is C7H4Cl3F3N. The molecule has 0 aliphatic carbocycles. The average Bonchev–Trinajstić information content (AvgIpc) is 2.10. The Morgan fingerprint density at radius 3 is 2.50 bits per heavy atom. The van der Waals surface area contributed by atoms with Gasteiger partial charge in [-0.2, -0.15) is 0 Å². The third kappa shape index (κ3) is 2.49. The van der Waals surface area contributed by atoms with Gasteiger partial charge in [-0.1, -0.05) is 0 Å². The van der Waals surface area contributed by atoms with E-state index in [1.807, 2.05) is 0 Å². The zero-order valence-corrected chi connectivity index (χ0v) is 8.84. The van der Waals surface area contributed by atoms with E-state index in [1.165, 1.54) is 0 Å². The second kappa shape index (κ2) is 4.64. The lowest BCUT2D eigenvalue weighted by atomic mass is 10.1. The number of nitrogens with zero attached hydrogens (tertiary/aromatic N) is 1. The molecule has 1 heterocycles. The molecule has 1 aliphatic heterocycles. The van der Waals surface area contributed by atoms with Crippen molar-refractivity contribution in [1.82, 2.24) is 4.42 Å². The van der Waals surface area contributed by atoms with Gasteiger partial charge in [-0.05, 0) is 0 Å². The van der Waals surface area contributed by atoms with Gasteiger partial charge in [-0.3, -0.25) is 0 Å². The molecule has 0 aromatic heterocycles. The van der Waals surface area contributed by atoms with Crippen LogP contribution < -0.4 is 0 Å². The van der Waals surface area contributed by atoms with E-state index >= 15 is 0 Å². The highest BCUT2D eigenvalue weighted by Gasteiger charge is 2.31. The van der Waals surface area contributed by atoms with Crippen LogP contribution in [0.2, 0.25) is 0 Å². The van der Waals surface area contributed by atoms with E-state index in [0.29, 0.717) is 0 Å². The molecule has 1 radical (unpaired) electrons. The van der Waals surface area contributed by atoms with Crippen LogP contribution >= 0.6 is 35.0 Å². The van der Waals surface area contributed by atoms with E-state index in [2.05, 4.69) is 6.20 Å². The minimum absolute atomic E-state index is 0.196. The Morgan fingerprint density at radius 2 is 2.00 bits per heavy atom. The number of hydrogen-bond acceptors (Lipinski definition) is 1. The Balaban J connectivity index is 2.91. The summed E-state index contributed by atoms with van der Waals surface area (Å²) in [5.74, 6) is -2.94. The van der Waals surface area contributed by atoms with Crippen molar-refractivity contribution < 1.29 is 13.2 Å². The molecule has 0 bridgehead atoms. The second-order valence-corrected chi connectivity index (χ2v) is 4.14. The van der Waals surface area contributed by atoms with E-state index < -0.39 is 22.8 Å². The van der Waals surface area contributed by atoms with E-state index in [4.69, 9.17) is 35.0 Å².